The molecule has 0 spiro atoms. The zero-order chi connectivity index (χ0) is 18.8. The molecule has 3 rings (SSSR count). The molecule has 2 N–H and O–H groups in total. The second kappa shape index (κ2) is 7.78. The molecule has 0 bridgehead atoms. The van der Waals surface area contributed by atoms with Crippen LogP contribution >= 0.6 is 0 Å². The minimum absolute atomic E-state index is 0.0653. The highest BCUT2D eigenvalue weighted by Crippen LogP contribution is 2.33. The molecule has 1 aromatic rings. The summed E-state index contributed by atoms with van der Waals surface area (Å²) in [5.41, 5.74) is 4.67. The fourth-order valence-electron chi connectivity index (χ4n) is 4.08. The maximum Gasteiger partial charge on any atom is 0.317 e. The van der Waals surface area contributed by atoms with E-state index in [1.54, 1.807) is 0 Å². The minimum Gasteiger partial charge on any atom is -0.480 e. The van der Waals surface area contributed by atoms with Crippen LogP contribution in [0.1, 0.15) is 47.9 Å². The molecule has 0 atom stereocenters. The van der Waals surface area contributed by atoms with E-state index < -0.39 is 5.97 Å². The van der Waals surface area contributed by atoms with Crippen molar-refractivity contribution in [2.24, 2.45) is 5.92 Å². The van der Waals surface area contributed by atoms with Gasteiger partial charge >= 0.3 is 5.97 Å². The van der Waals surface area contributed by atoms with Gasteiger partial charge in [0.15, 0.2) is 0 Å². The zero-order valence-electron chi connectivity index (χ0n) is 16.0. The van der Waals surface area contributed by atoms with E-state index in [0.29, 0.717) is 18.4 Å². The van der Waals surface area contributed by atoms with Crippen LogP contribution in [0.15, 0.2) is 12.1 Å². The van der Waals surface area contributed by atoms with Crippen molar-refractivity contribution in [3.8, 4) is 0 Å². The molecular formula is C21H30N2O3. The number of carbonyl (C=O) groups excluding carboxylic acids is 1. The van der Waals surface area contributed by atoms with Crippen molar-refractivity contribution < 1.29 is 14.7 Å². The number of benzene rings is 1. The fourth-order valence-corrected chi connectivity index (χ4v) is 4.08. The number of aliphatic carboxylic acids is 1. The highest BCUT2D eigenvalue weighted by atomic mass is 16.4. The molecule has 0 heterocycles. The quantitative estimate of drug-likeness (QED) is 0.749. The van der Waals surface area contributed by atoms with Gasteiger partial charge in [-0.25, -0.2) is 0 Å². The Balaban J connectivity index is 1.48. The summed E-state index contributed by atoms with van der Waals surface area (Å²) in [6.07, 6.45) is 4.58. The lowest BCUT2D eigenvalue weighted by Crippen LogP contribution is -2.55. The molecule has 2 aliphatic rings. The number of carbonyl (C=O) groups is 2. The lowest BCUT2D eigenvalue weighted by Gasteiger charge is -2.42. The highest BCUT2D eigenvalue weighted by Gasteiger charge is 2.37. The molecule has 2 aliphatic carbocycles. The first kappa shape index (κ1) is 18.9. The van der Waals surface area contributed by atoms with Gasteiger partial charge in [0.25, 0.3) is 0 Å². The van der Waals surface area contributed by atoms with Crippen LogP contribution in [-0.2, 0) is 16.0 Å². The van der Waals surface area contributed by atoms with Crippen molar-refractivity contribution in [3.05, 3.63) is 34.4 Å². The maximum atomic E-state index is 12.4. The van der Waals surface area contributed by atoms with E-state index in [0.717, 1.165) is 24.9 Å². The Hall–Kier alpha value is -1.88. The Kier molecular flexibility index (Phi) is 5.66. The third kappa shape index (κ3) is 4.85. The number of rotatable bonds is 8. The van der Waals surface area contributed by atoms with Crippen molar-refractivity contribution in [2.45, 2.75) is 65.0 Å². The van der Waals surface area contributed by atoms with Gasteiger partial charge in [-0.05, 0) is 69.1 Å². The largest absolute Gasteiger partial charge is 0.480 e. The van der Waals surface area contributed by atoms with E-state index in [1.165, 1.54) is 29.5 Å². The number of nitrogens with zero attached hydrogens (tertiary/aromatic N) is 1. The molecule has 1 aromatic carbocycles. The molecular weight excluding hydrogens is 328 g/mol. The number of carboxylic acids is 1. The first-order chi connectivity index (χ1) is 12.3. The number of aryl methyl sites for hydroxylation is 3. The normalized spacial score (nSPS) is 22.2. The molecule has 0 aliphatic heterocycles. The smallest absolute Gasteiger partial charge is 0.317 e. The zero-order valence-corrected chi connectivity index (χ0v) is 16.0. The fraction of sp³-hybridized carbons (Fsp3) is 0.619. The van der Waals surface area contributed by atoms with Gasteiger partial charge < -0.3 is 10.4 Å². The van der Waals surface area contributed by atoms with Crippen LogP contribution in [0.25, 0.3) is 0 Å². The number of carboxylic acid groups (broad SMARTS) is 1. The average molecular weight is 358 g/mol. The maximum absolute atomic E-state index is 12.4. The molecule has 2 saturated carbocycles. The third-order valence-corrected chi connectivity index (χ3v) is 5.70. The summed E-state index contributed by atoms with van der Waals surface area (Å²) in [6, 6.07) is 4.71. The predicted octanol–water partition coefficient (Wildman–Crippen LogP) is 2.60. The molecule has 2 fully saturated rings. The Morgan fingerprint density at radius 1 is 1.15 bits per heavy atom. The summed E-state index contributed by atoms with van der Waals surface area (Å²) in [4.78, 5) is 25.6. The van der Waals surface area contributed by atoms with Crippen molar-refractivity contribution in [2.75, 3.05) is 13.1 Å². The monoisotopic (exact) mass is 358 g/mol. The summed E-state index contributed by atoms with van der Waals surface area (Å²) in [5, 5.41) is 12.2. The average Bonchev–Trinajstić information content (AvgIpc) is 3.29. The van der Waals surface area contributed by atoms with E-state index in [4.69, 9.17) is 5.11 Å². The van der Waals surface area contributed by atoms with Gasteiger partial charge in [-0.2, -0.15) is 0 Å². The lowest BCUT2D eigenvalue weighted by atomic mass is 9.85. The van der Waals surface area contributed by atoms with E-state index in [-0.39, 0.29) is 18.5 Å². The second-order valence-corrected chi connectivity index (χ2v) is 8.21. The Bertz CT molecular complexity index is 667. The summed E-state index contributed by atoms with van der Waals surface area (Å²) in [6.45, 7) is 7.19. The Labute approximate surface area is 155 Å². The standard InChI is InChI=1S/C21H30N2O3/c1-13-6-14(2)19(15(3)7-13)10-20(24)22-17-8-18(9-17)23(12-21(25)26)11-16-4-5-16/h6-7,16-18H,4-5,8-12H2,1-3H3,(H,22,24)(H,25,26). The summed E-state index contributed by atoms with van der Waals surface area (Å²) in [7, 11) is 0. The minimum atomic E-state index is -0.761. The Morgan fingerprint density at radius 3 is 2.31 bits per heavy atom. The van der Waals surface area contributed by atoms with Gasteiger partial charge in [0.05, 0.1) is 13.0 Å². The molecule has 0 radical (unpaired) electrons. The van der Waals surface area contributed by atoms with Crippen molar-refractivity contribution in [1.29, 1.82) is 0 Å². The van der Waals surface area contributed by atoms with Crippen LogP contribution in [0.4, 0.5) is 0 Å². The molecule has 5 nitrogen and oxygen atoms in total. The van der Waals surface area contributed by atoms with Crippen molar-refractivity contribution >= 4 is 11.9 Å². The molecule has 26 heavy (non-hydrogen) atoms. The Morgan fingerprint density at radius 2 is 1.77 bits per heavy atom. The van der Waals surface area contributed by atoms with Crippen LogP contribution in [0.3, 0.4) is 0 Å². The van der Waals surface area contributed by atoms with E-state index in [2.05, 4.69) is 43.1 Å². The molecule has 0 unspecified atom stereocenters. The summed E-state index contributed by atoms with van der Waals surface area (Å²) < 4.78 is 0. The van der Waals surface area contributed by atoms with E-state index in [9.17, 15) is 9.59 Å². The van der Waals surface area contributed by atoms with E-state index in [1.807, 2.05) is 0 Å². The number of amides is 1. The van der Waals surface area contributed by atoms with Gasteiger partial charge in [-0.3, -0.25) is 14.5 Å². The third-order valence-electron chi connectivity index (χ3n) is 5.70. The SMILES string of the molecule is Cc1cc(C)c(CC(=O)NC2CC(N(CC(=O)O)CC3CC3)C2)c(C)c1. The molecule has 1 amide bonds. The van der Waals surface area contributed by atoms with Crippen LogP contribution in [0, 0.1) is 26.7 Å². The highest BCUT2D eigenvalue weighted by molar-refractivity contribution is 5.79. The van der Waals surface area contributed by atoms with Crippen LogP contribution in [0.5, 0.6) is 0 Å². The van der Waals surface area contributed by atoms with Crippen LogP contribution < -0.4 is 5.32 Å². The lowest BCUT2D eigenvalue weighted by molar-refractivity contribution is -0.140. The number of nitrogens with one attached hydrogen (secondary N) is 1. The van der Waals surface area contributed by atoms with Gasteiger partial charge in [0, 0.05) is 18.6 Å². The van der Waals surface area contributed by atoms with Crippen LogP contribution in [0.2, 0.25) is 0 Å². The van der Waals surface area contributed by atoms with Gasteiger partial charge in [-0.15, -0.1) is 0 Å². The molecule has 142 valence electrons. The first-order valence-corrected chi connectivity index (χ1v) is 9.63. The van der Waals surface area contributed by atoms with Gasteiger partial charge in [0.2, 0.25) is 5.91 Å². The topological polar surface area (TPSA) is 69.6 Å². The second-order valence-electron chi connectivity index (χ2n) is 8.21. The molecule has 0 saturated heterocycles. The number of hydrogen-bond donors (Lipinski definition) is 2. The van der Waals surface area contributed by atoms with Crippen molar-refractivity contribution in [3.63, 3.8) is 0 Å². The summed E-state index contributed by atoms with van der Waals surface area (Å²) in [5.74, 6) is -0.0191. The first-order valence-electron chi connectivity index (χ1n) is 9.63. The summed E-state index contributed by atoms with van der Waals surface area (Å²) >= 11 is 0. The predicted molar refractivity (Wildman–Crippen MR) is 101 cm³/mol. The van der Waals surface area contributed by atoms with Crippen molar-refractivity contribution in [1.82, 2.24) is 10.2 Å². The van der Waals surface area contributed by atoms with Crippen LogP contribution in [-0.4, -0.2) is 47.1 Å². The molecule has 5 heteroatoms. The van der Waals surface area contributed by atoms with E-state index >= 15 is 0 Å². The van der Waals surface area contributed by atoms with Gasteiger partial charge in [0.1, 0.15) is 0 Å². The molecule has 0 aromatic heterocycles. The number of hydrogen-bond acceptors (Lipinski definition) is 3. The van der Waals surface area contributed by atoms with Gasteiger partial charge in [-0.1, -0.05) is 17.7 Å².